The lowest BCUT2D eigenvalue weighted by atomic mass is 9.90. The van der Waals surface area contributed by atoms with Crippen molar-refractivity contribution in [3.8, 4) is 77.9 Å². The highest BCUT2D eigenvalue weighted by atomic mass is 16.1. The Morgan fingerprint density at radius 3 is 1.12 bits per heavy atom. The van der Waals surface area contributed by atoms with Crippen LogP contribution in [0.25, 0.3) is 193 Å². The van der Waals surface area contributed by atoms with Crippen molar-refractivity contribution in [3.05, 3.63) is 310 Å². The lowest BCUT2D eigenvalue weighted by Gasteiger charge is -2.15. The molecular formula is C84H46N6O3. The van der Waals surface area contributed by atoms with E-state index in [4.69, 9.17) is 15.0 Å². The molecule has 14 aromatic carbocycles. The molecule has 9 heteroatoms. The van der Waals surface area contributed by atoms with Crippen molar-refractivity contribution >= 4 is 115 Å². The highest BCUT2D eigenvalue weighted by molar-refractivity contribution is 6.25. The predicted molar refractivity (Wildman–Crippen MR) is 381 cm³/mol. The average molecular weight is 1190 g/mol. The summed E-state index contributed by atoms with van der Waals surface area (Å²) in [7, 11) is 0. The predicted octanol–water partition coefficient (Wildman–Crippen LogP) is 19.1. The molecule has 0 radical (unpaired) electrons. The first-order chi connectivity index (χ1) is 45.9. The van der Waals surface area contributed by atoms with Gasteiger partial charge in [-0.25, -0.2) is 15.0 Å². The van der Waals surface area contributed by atoms with Gasteiger partial charge in [0.15, 0.2) is 0 Å². The van der Waals surface area contributed by atoms with Crippen molar-refractivity contribution in [3.63, 3.8) is 0 Å². The van der Waals surface area contributed by atoms with Gasteiger partial charge in [0.2, 0.25) is 0 Å². The van der Waals surface area contributed by atoms with Gasteiger partial charge in [0.1, 0.15) is 16.9 Å². The van der Waals surface area contributed by atoms with Crippen LogP contribution < -0.4 is 16.7 Å². The highest BCUT2D eigenvalue weighted by Crippen LogP contribution is 2.45. The standard InChI is InChI=1S/C84H46N6O3/c91-82-65-32-16-27-59-56(35-38-64(74(59)65)79-85-70-33-10-11-34-71(70)88(79)82)53-26-13-24-51(42-53)50-23-12-25-52(41-50)55-44-69(49-21-8-3-9-22-49)78-73(46-55)90-81(87-78)63-31-15-29-61-58(37-40-67(76(61)63)84(90)93)57-36-39-66-75-60(57)28-14-30-62(75)80-86-77-68(48-19-6-2-7-20-48)43-54(47-17-4-1-5-18-47)45-72(77)89(80)83(66)92/h1-46H. The molecule has 0 unspecified atom stereocenters. The number of para-hydroxylation sites is 2. The van der Waals surface area contributed by atoms with E-state index in [-0.39, 0.29) is 16.7 Å². The maximum Gasteiger partial charge on any atom is 0.264 e. The average Bonchev–Trinajstić information content (AvgIpc) is 1.67. The van der Waals surface area contributed by atoms with Crippen LogP contribution in [0.4, 0.5) is 0 Å². The van der Waals surface area contributed by atoms with Gasteiger partial charge in [0.25, 0.3) is 16.7 Å². The second-order valence-electron chi connectivity index (χ2n) is 24.4. The molecule has 0 fully saturated rings. The molecule has 0 atom stereocenters. The maximum absolute atomic E-state index is 15.6. The molecule has 0 aliphatic heterocycles. The Morgan fingerprint density at radius 2 is 0.570 bits per heavy atom. The smallest absolute Gasteiger partial charge is 0.264 e. The zero-order valence-corrected chi connectivity index (χ0v) is 49.5. The second-order valence-corrected chi connectivity index (χ2v) is 24.4. The monoisotopic (exact) mass is 1190 g/mol. The second kappa shape index (κ2) is 19.1. The molecule has 93 heavy (non-hydrogen) atoms. The van der Waals surface area contributed by atoms with E-state index >= 15 is 9.59 Å². The molecule has 0 spiro atoms. The molecule has 0 amide bonds. The number of pyridine rings is 3. The van der Waals surface area contributed by atoms with Gasteiger partial charge in [-0.2, -0.15) is 0 Å². The van der Waals surface area contributed by atoms with Crippen LogP contribution >= 0.6 is 0 Å². The van der Waals surface area contributed by atoms with Gasteiger partial charge < -0.3 is 0 Å². The Morgan fingerprint density at radius 1 is 0.215 bits per heavy atom. The van der Waals surface area contributed by atoms with Crippen LogP contribution in [0.1, 0.15) is 0 Å². The fourth-order valence-electron chi connectivity index (χ4n) is 15.3. The first-order valence-electron chi connectivity index (χ1n) is 31.2. The van der Waals surface area contributed by atoms with Crippen molar-refractivity contribution in [2.24, 2.45) is 0 Å². The SMILES string of the molecule is O=c1c2cccc3c(-c4cccc(-c5cccc(-c6cc(-c7ccccc7)c7nc8c9cccc%10c(-c%11ccc%12c(=O)n%13c%14cc(-c%15ccccc%15)cc(-c%15ccccc%15)c%14nc%13c%13cccc%11c%12%13)ccc(c(=O)n8c7c6)c%109)c5)c4)ccc(c32)c2nc3ccccc3n12. The van der Waals surface area contributed by atoms with Crippen LogP contribution in [-0.4, -0.2) is 28.2 Å². The molecule has 20 aromatic rings. The molecule has 0 saturated heterocycles. The minimum absolute atomic E-state index is 0.0760. The summed E-state index contributed by atoms with van der Waals surface area (Å²) < 4.78 is 5.36. The first-order valence-corrected chi connectivity index (χ1v) is 31.2. The quantitative estimate of drug-likeness (QED) is 0.157. The van der Waals surface area contributed by atoms with E-state index < -0.39 is 0 Å². The largest absolute Gasteiger partial charge is 0.268 e. The summed E-state index contributed by atoms with van der Waals surface area (Å²) in [4.78, 5) is 60.9. The van der Waals surface area contributed by atoms with Gasteiger partial charge in [-0.15, -0.1) is 0 Å². The zero-order valence-electron chi connectivity index (χ0n) is 49.5. The van der Waals surface area contributed by atoms with Crippen molar-refractivity contribution in [1.82, 2.24) is 28.2 Å². The highest BCUT2D eigenvalue weighted by Gasteiger charge is 2.26. The van der Waals surface area contributed by atoms with E-state index in [1.165, 1.54) is 0 Å². The van der Waals surface area contributed by atoms with Crippen LogP contribution in [0.2, 0.25) is 0 Å². The fourth-order valence-corrected chi connectivity index (χ4v) is 15.3. The topological polar surface area (TPSA) is 103 Å². The maximum atomic E-state index is 15.6. The molecule has 6 aromatic heterocycles. The van der Waals surface area contributed by atoms with Crippen LogP contribution in [-0.2, 0) is 0 Å². The summed E-state index contributed by atoms with van der Waals surface area (Å²) in [6.07, 6.45) is 0. The number of benzene rings is 14. The fraction of sp³-hybridized carbons (Fsp3) is 0. The Hall–Kier alpha value is -12.7. The van der Waals surface area contributed by atoms with Crippen LogP contribution in [0.15, 0.2) is 293 Å². The third-order valence-electron chi connectivity index (χ3n) is 19.5. The Kier molecular flexibility index (Phi) is 10.5. The summed E-state index contributed by atoms with van der Waals surface area (Å²) in [6.45, 7) is 0. The third-order valence-corrected chi connectivity index (χ3v) is 19.5. The molecular weight excluding hydrogens is 1140 g/mol. The number of hydrogen-bond donors (Lipinski definition) is 0. The van der Waals surface area contributed by atoms with Crippen molar-refractivity contribution < 1.29 is 0 Å². The molecule has 9 nitrogen and oxygen atoms in total. The number of nitrogens with zero attached hydrogens (tertiary/aromatic N) is 6. The molecule has 0 bridgehead atoms. The van der Waals surface area contributed by atoms with Gasteiger partial charge in [-0.1, -0.05) is 206 Å². The van der Waals surface area contributed by atoms with E-state index in [0.29, 0.717) is 38.6 Å². The lowest BCUT2D eigenvalue weighted by molar-refractivity contribution is 1.19. The van der Waals surface area contributed by atoms with Crippen LogP contribution in [0.5, 0.6) is 0 Å². The van der Waals surface area contributed by atoms with Crippen molar-refractivity contribution in [2.45, 2.75) is 0 Å². The van der Waals surface area contributed by atoms with Gasteiger partial charge in [-0.3, -0.25) is 27.6 Å². The number of hydrogen-bond acceptors (Lipinski definition) is 6. The molecule has 6 heterocycles. The van der Waals surface area contributed by atoms with E-state index in [1.54, 1.807) is 8.80 Å². The van der Waals surface area contributed by atoms with E-state index in [0.717, 1.165) is 154 Å². The van der Waals surface area contributed by atoms with Gasteiger partial charge in [0, 0.05) is 59.6 Å². The third kappa shape index (κ3) is 7.27. The number of imidazole rings is 3. The number of fused-ring (bicyclic) bond motifs is 12. The van der Waals surface area contributed by atoms with E-state index in [2.05, 4.69) is 176 Å². The number of rotatable bonds is 7. The summed E-state index contributed by atoms with van der Waals surface area (Å²) in [5, 5.41) is 9.96. The zero-order chi connectivity index (χ0) is 61.3. The summed E-state index contributed by atoms with van der Waals surface area (Å²) in [5.41, 5.74) is 19.9. The summed E-state index contributed by atoms with van der Waals surface area (Å²) in [5.74, 6) is 0. The minimum Gasteiger partial charge on any atom is -0.268 e. The first kappa shape index (κ1) is 51.2. The molecule has 0 saturated carbocycles. The van der Waals surface area contributed by atoms with Crippen molar-refractivity contribution in [1.29, 1.82) is 0 Å². The molecule has 0 aliphatic carbocycles. The molecule has 430 valence electrons. The normalized spacial score (nSPS) is 12.2. The number of aromatic nitrogens is 6. The Labute approximate surface area is 527 Å². The summed E-state index contributed by atoms with van der Waals surface area (Å²) in [6, 6.07) is 95.2. The van der Waals surface area contributed by atoms with Gasteiger partial charge >= 0.3 is 0 Å². The van der Waals surface area contributed by atoms with Crippen LogP contribution in [0, 0.1) is 0 Å². The Balaban J connectivity index is 0.728. The van der Waals surface area contributed by atoms with Crippen molar-refractivity contribution in [2.75, 3.05) is 0 Å². The molecule has 0 aliphatic rings. The van der Waals surface area contributed by atoms with E-state index in [1.807, 2.05) is 108 Å². The van der Waals surface area contributed by atoms with Gasteiger partial charge in [-0.05, 0) is 156 Å². The molecule has 20 rings (SSSR count). The summed E-state index contributed by atoms with van der Waals surface area (Å²) >= 11 is 0. The lowest BCUT2D eigenvalue weighted by Crippen LogP contribution is -2.14. The molecule has 0 N–H and O–H groups in total. The van der Waals surface area contributed by atoms with E-state index in [9.17, 15) is 4.79 Å². The van der Waals surface area contributed by atoms with Crippen LogP contribution in [0.3, 0.4) is 0 Å². The Bertz CT molecular complexity index is 6800. The minimum atomic E-state index is -0.155. The van der Waals surface area contributed by atoms with Gasteiger partial charge in [0.05, 0.1) is 33.1 Å².